The van der Waals surface area contributed by atoms with Crippen LogP contribution in [0.1, 0.15) is 38.3 Å². The smallest absolute Gasteiger partial charge is 0.282 e. The highest BCUT2D eigenvalue weighted by molar-refractivity contribution is 7.13. The van der Waals surface area contributed by atoms with Gasteiger partial charge in [-0.05, 0) is 35.4 Å². The molecule has 0 radical (unpaired) electrons. The van der Waals surface area contributed by atoms with Gasteiger partial charge in [0, 0.05) is 19.7 Å². The fourth-order valence-electron chi connectivity index (χ4n) is 3.97. The molecule has 0 saturated heterocycles. The maximum Gasteiger partial charge on any atom is 0.282 e. The van der Waals surface area contributed by atoms with Gasteiger partial charge in [0.05, 0.1) is 0 Å². The number of nitrogens with one attached hydrogen (secondary N) is 1. The Morgan fingerprint density at radius 3 is 2.86 bits per heavy atom. The van der Waals surface area contributed by atoms with Gasteiger partial charge in [-0.15, -0.1) is 10.2 Å². The van der Waals surface area contributed by atoms with Crippen LogP contribution in [0.5, 0.6) is 0 Å². The molecule has 1 aromatic carbocycles. The second kappa shape index (κ2) is 7.04. The monoisotopic (exact) mass is 405 g/mol. The zero-order valence-corrected chi connectivity index (χ0v) is 16.6. The van der Waals surface area contributed by atoms with Gasteiger partial charge in [0.1, 0.15) is 16.9 Å². The van der Waals surface area contributed by atoms with Gasteiger partial charge in [-0.1, -0.05) is 47.7 Å². The van der Waals surface area contributed by atoms with Crippen LogP contribution in [0.4, 0.5) is 5.82 Å². The number of amides is 2. The first-order valence-electron chi connectivity index (χ1n) is 9.51. The molecule has 146 valence electrons. The SMILES string of the molecule is CN1C(=O)[C@@H](NC(=O)c2nnc(Cc3ccccc3)s2)[C@H]2C[C@H]2c2cccnc21. The molecule has 0 unspecified atom stereocenters. The van der Waals surface area contributed by atoms with Gasteiger partial charge in [-0.25, -0.2) is 4.98 Å². The largest absolute Gasteiger partial charge is 0.338 e. The van der Waals surface area contributed by atoms with Crippen LogP contribution in [0, 0.1) is 5.92 Å². The summed E-state index contributed by atoms with van der Waals surface area (Å²) in [5.74, 6) is 0.537. The summed E-state index contributed by atoms with van der Waals surface area (Å²) in [5, 5.41) is 12.1. The molecule has 1 N–H and O–H groups in total. The zero-order valence-electron chi connectivity index (χ0n) is 15.8. The Morgan fingerprint density at radius 2 is 2.03 bits per heavy atom. The van der Waals surface area contributed by atoms with E-state index in [9.17, 15) is 9.59 Å². The van der Waals surface area contributed by atoms with Crippen molar-refractivity contribution in [2.75, 3.05) is 11.9 Å². The minimum atomic E-state index is -0.576. The number of carbonyl (C=O) groups excluding carboxylic acids is 2. The number of aromatic nitrogens is 3. The van der Waals surface area contributed by atoms with E-state index in [0.29, 0.717) is 12.2 Å². The van der Waals surface area contributed by atoms with Gasteiger partial charge in [-0.2, -0.15) is 0 Å². The lowest BCUT2D eigenvalue weighted by atomic mass is 10.1. The molecule has 2 amide bonds. The van der Waals surface area contributed by atoms with Crippen molar-refractivity contribution in [2.45, 2.75) is 24.8 Å². The summed E-state index contributed by atoms with van der Waals surface area (Å²) in [4.78, 5) is 31.7. The van der Waals surface area contributed by atoms with Crippen LogP contribution in [-0.2, 0) is 11.2 Å². The van der Waals surface area contributed by atoms with Crippen molar-refractivity contribution in [1.29, 1.82) is 0 Å². The van der Waals surface area contributed by atoms with Gasteiger partial charge in [0.25, 0.3) is 11.8 Å². The number of pyridine rings is 1. The predicted octanol–water partition coefficient (Wildman–Crippen LogP) is 2.40. The molecular weight excluding hydrogens is 386 g/mol. The van der Waals surface area contributed by atoms with Gasteiger partial charge in [0.15, 0.2) is 0 Å². The fourth-order valence-corrected chi connectivity index (χ4v) is 4.75. The molecule has 29 heavy (non-hydrogen) atoms. The first kappa shape index (κ1) is 17.9. The molecule has 3 atom stereocenters. The van der Waals surface area contributed by atoms with E-state index >= 15 is 0 Å². The van der Waals surface area contributed by atoms with Crippen LogP contribution < -0.4 is 10.2 Å². The van der Waals surface area contributed by atoms with Gasteiger partial charge in [-0.3, -0.25) is 14.5 Å². The number of rotatable bonds is 4. The third-order valence-electron chi connectivity index (χ3n) is 5.54. The predicted molar refractivity (Wildman–Crippen MR) is 109 cm³/mol. The van der Waals surface area contributed by atoms with E-state index in [2.05, 4.69) is 20.5 Å². The van der Waals surface area contributed by atoms with Crippen molar-refractivity contribution in [2.24, 2.45) is 5.92 Å². The van der Waals surface area contributed by atoms with Gasteiger partial charge < -0.3 is 5.32 Å². The second-order valence-electron chi connectivity index (χ2n) is 7.43. The average molecular weight is 405 g/mol. The molecule has 1 saturated carbocycles. The van der Waals surface area contributed by atoms with Gasteiger partial charge in [0.2, 0.25) is 5.01 Å². The fraction of sp³-hybridized carbons (Fsp3) is 0.286. The molecule has 0 spiro atoms. The van der Waals surface area contributed by atoms with Gasteiger partial charge >= 0.3 is 0 Å². The van der Waals surface area contributed by atoms with E-state index in [4.69, 9.17) is 0 Å². The summed E-state index contributed by atoms with van der Waals surface area (Å²) in [6, 6.07) is 13.3. The Kier molecular flexibility index (Phi) is 4.35. The summed E-state index contributed by atoms with van der Waals surface area (Å²) in [7, 11) is 1.71. The lowest BCUT2D eigenvalue weighted by Gasteiger charge is -2.22. The Morgan fingerprint density at radius 1 is 1.21 bits per heavy atom. The van der Waals surface area contributed by atoms with Crippen LogP contribution in [0.25, 0.3) is 0 Å². The molecule has 2 aromatic heterocycles. The summed E-state index contributed by atoms with van der Waals surface area (Å²) < 4.78 is 0. The lowest BCUT2D eigenvalue weighted by Crippen LogP contribution is -2.48. The highest BCUT2D eigenvalue weighted by Crippen LogP contribution is 2.53. The summed E-state index contributed by atoms with van der Waals surface area (Å²) >= 11 is 1.26. The lowest BCUT2D eigenvalue weighted by molar-refractivity contribution is -0.120. The van der Waals surface area contributed by atoms with Crippen LogP contribution in [-0.4, -0.2) is 40.1 Å². The van der Waals surface area contributed by atoms with E-state index in [1.165, 1.54) is 11.3 Å². The molecule has 3 heterocycles. The maximum absolute atomic E-state index is 13.0. The van der Waals surface area contributed by atoms with E-state index in [0.717, 1.165) is 22.6 Å². The Bertz CT molecular complexity index is 1080. The number of nitrogens with zero attached hydrogens (tertiary/aromatic N) is 4. The quantitative estimate of drug-likeness (QED) is 0.720. The number of benzene rings is 1. The molecule has 5 rings (SSSR count). The van der Waals surface area contributed by atoms with Crippen molar-refractivity contribution in [3.8, 4) is 0 Å². The van der Waals surface area contributed by atoms with Crippen LogP contribution >= 0.6 is 11.3 Å². The molecule has 2 aliphatic rings. The number of anilines is 1. The Balaban J connectivity index is 1.32. The number of carbonyl (C=O) groups is 2. The Labute approximate surface area is 171 Å². The minimum absolute atomic E-state index is 0.0936. The molecule has 3 aromatic rings. The number of fused-ring (bicyclic) bond motifs is 3. The first-order chi connectivity index (χ1) is 14.1. The highest BCUT2D eigenvalue weighted by atomic mass is 32.1. The number of likely N-dealkylation sites (N-methyl/N-ethyl adjacent to an activating group) is 1. The minimum Gasteiger partial charge on any atom is -0.338 e. The second-order valence-corrected chi connectivity index (χ2v) is 8.50. The third kappa shape index (κ3) is 3.29. The number of hydrogen-bond donors (Lipinski definition) is 1. The maximum atomic E-state index is 13.0. The van der Waals surface area contributed by atoms with Crippen molar-refractivity contribution >= 4 is 29.0 Å². The van der Waals surface area contributed by atoms with Crippen LogP contribution in [0.3, 0.4) is 0 Å². The van der Waals surface area contributed by atoms with E-state index in [1.807, 2.05) is 42.5 Å². The van der Waals surface area contributed by atoms with Crippen molar-refractivity contribution in [3.05, 3.63) is 69.8 Å². The summed E-state index contributed by atoms with van der Waals surface area (Å²) in [5.41, 5.74) is 2.19. The van der Waals surface area contributed by atoms with Crippen molar-refractivity contribution < 1.29 is 9.59 Å². The molecule has 1 aliphatic carbocycles. The van der Waals surface area contributed by atoms with Crippen LogP contribution in [0.15, 0.2) is 48.7 Å². The molecule has 1 fully saturated rings. The highest BCUT2D eigenvalue weighted by Gasteiger charge is 2.52. The molecule has 7 nitrogen and oxygen atoms in total. The van der Waals surface area contributed by atoms with E-state index in [1.54, 1.807) is 18.1 Å². The number of hydrogen-bond acceptors (Lipinski definition) is 6. The summed E-state index contributed by atoms with van der Waals surface area (Å²) in [6.45, 7) is 0. The average Bonchev–Trinajstić information content (AvgIpc) is 3.41. The summed E-state index contributed by atoms with van der Waals surface area (Å²) in [6.07, 6.45) is 3.19. The van der Waals surface area contributed by atoms with E-state index in [-0.39, 0.29) is 28.7 Å². The normalized spacial score (nSPS) is 22.4. The van der Waals surface area contributed by atoms with Crippen molar-refractivity contribution in [1.82, 2.24) is 20.5 Å². The topological polar surface area (TPSA) is 88.1 Å². The Hall–Kier alpha value is -3.13. The first-order valence-corrected chi connectivity index (χ1v) is 10.3. The third-order valence-corrected chi connectivity index (χ3v) is 6.47. The molecule has 0 bridgehead atoms. The van der Waals surface area contributed by atoms with Crippen molar-refractivity contribution in [3.63, 3.8) is 0 Å². The molecule has 8 heteroatoms. The molecular formula is C21H19N5O2S. The van der Waals surface area contributed by atoms with Crippen LogP contribution in [0.2, 0.25) is 0 Å². The van der Waals surface area contributed by atoms with E-state index < -0.39 is 6.04 Å². The zero-order chi connectivity index (χ0) is 20.0. The molecule has 1 aliphatic heterocycles. The standard InChI is InChI=1S/C21H19N5O2S/c1-26-18-13(8-5-9-22-18)14-11-15(14)17(21(26)28)23-19(27)20-25-24-16(29-20)10-12-6-3-2-4-7-12/h2-9,14-15,17H,10-11H2,1H3,(H,23,27)/t14-,15-,17-/m0/s1.